The van der Waals surface area contributed by atoms with Gasteiger partial charge in [-0.25, -0.2) is 4.79 Å². The Hall–Kier alpha value is -2.76. The zero-order valence-electron chi connectivity index (χ0n) is 11.2. The fourth-order valence-corrected chi connectivity index (χ4v) is 1.51. The molecule has 0 saturated heterocycles. The van der Waals surface area contributed by atoms with E-state index in [1.54, 1.807) is 32.4 Å². The molecule has 1 heterocycles. The quantitative estimate of drug-likeness (QED) is 0.898. The Balaban J connectivity index is 1.84. The van der Waals surface area contributed by atoms with Crippen molar-refractivity contribution in [3.8, 4) is 5.75 Å². The van der Waals surface area contributed by atoms with Crippen molar-refractivity contribution in [2.24, 2.45) is 0 Å². The third-order valence-electron chi connectivity index (χ3n) is 2.48. The largest absolute Gasteiger partial charge is 0.497 e. The van der Waals surface area contributed by atoms with Crippen LogP contribution >= 0.6 is 0 Å². The van der Waals surface area contributed by atoms with Crippen LogP contribution in [0.5, 0.6) is 5.75 Å². The van der Waals surface area contributed by atoms with Crippen molar-refractivity contribution in [3.63, 3.8) is 0 Å². The number of carbonyl (C=O) groups excluding carboxylic acids is 1. The normalized spacial score (nSPS) is 10.5. The van der Waals surface area contributed by atoms with Gasteiger partial charge in [-0.3, -0.25) is 5.32 Å². The second kappa shape index (κ2) is 6.42. The van der Waals surface area contributed by atoms with Gasteiger partial charge in [0.15, 0.2) is 5.82 Å². The zero-order valence-corrected chi connectivity index (χ0v) is 11.2. The molecule has 2 N–H and O–H groups in total. The predicted molar refractivity (Wildman–Crippen MR) is 75.4 cm³/mol. The molecule has 1 aromatic heterocycles. The first kappa shape index (κ1) is 13.7. The van der Waals surface area contributed by atoms with Crippen molar-refractivity contribution >= 4 is 17.9 Å². The van der Waals surface area contributed by atoms with Crippen LogP contribution in [0.25, 0.3) is 6.08 Å². The standard InChI is InChI=1S/C14H15N3O3/c1-10-9-13(17-20-10)16-14(18)15-8-7-11-3-5-12(19-2)6-4-11/h3-9H,1-2H3,(H2,15,16,17,18)/b8-7+. The van der Waals surface area contributed by atoms with E-state index in [0.29, 0.717) is 11.6 Å². The van der Waals surface area contributed by atoms with Crippen LogP contribution in [0.1, 0.15) is 11.3 Å². The fourth-order valence-electron chi connectivity index (χ4n) is 1.51. The van der Waals surface area contributed by atoms with Gasteiger partial charge in [-0.05, 0) is 30.7 Å². The summed E-state index contributed by atoms with van der Waals surface area (Å²) in [4.78, 5) is 11.5. The van der Waals surface area contributed by atoms with Crippen LogP contribution in [0.15, 0.2) is 41.1 Å². The summed E-state index contributed by atoms with van der Waals surface area (Å²) in [5, 5.41) is 8.77. The van der Waals surface area contributed by atoms with Gasteiger partial charge >= 0.3 is 6.03 Å². The smallest absolute Gasteiger partial charge is 0.324 e. The molecule has 20 heavy (non-hydrogen) atoms. The number of rotatable bonds is 4. The molecule has 0 unspecified atom stereocenters. The van der Waals surface area contributed by atoms with Gasteiger partial charge in [0, 0.05) is 12.3 Å². The van der Waals surface area contributed by atoms with Gasteiger partial charge in [-0.15, -0.1) is 0 Å². The van der Waals surface area contributed by atoms with Gasteiger partial charge in [-0.1, -0.05) is 17.3 Å². The molecular formula is C14H15N3O3. The minimum atomic E-state index is -0.386. The van der Waals surface area contributed by atoms with Crippen molar-refractivity contribution in [1.29, 1.82) is 0 Å². The average molecular weight is 273 g/mol. The topological polar surface area (TPSA) is 76.4 Å². The Kier molecular flexibility index (Phi) is 4.39. The number of ether oxygens (including phenoxy) is 1. The molecule has 2 aromatic rings. The van der Waals surface area contributed by atoms with Gasteiger partial charge in [0.05, 0.1) is 7.11 Å². The van der Waals surface area contributed by atoms with Crippen LogP contribution in [0, 0.1) is 6.92 Å². The minimum absolute atomic E-state index is 0.373. The highest BCUT2D eigenvalue weighted by Gasteiger charge is 2.03. The number of urea groups is 1. The maximum Gasteiger partial charge on any atom is 0.324 e. The van der Waals surface area contributed by atoms with E-state index >= 15 is 0 Å². The van der Waals surface area contributed by atoms with Gasteiger partial charge in [0.25, 0.3) is 0 Å². The molecule has 0 atom stereocenters. The highest BCUT2D eigenvalue weighted by molar-refractivity contribution is 5.89. The molecule has 0 bridgehead atoms. The van der Waals surface area contributed by atoms with Gasteiger partial charge in [-0.2, -0.15) is 0 Å². The zero-order chi connectivity index (χ0) is 14.4. The molecular weight excluding hydrogens is 258 g/mol. The number of methoxy groups -OCH3 is 1. The Labute approximate surface area is 116 Å². The third-order valence-corrected chi connectivity index (χ3v) is 2.48. The summed E-state index contributed by atoms with van der Waals surface area (Å²) >= 11 is 0. The Bertz CT molecular complexity index is 602. The first-order chi connectivity index (χ1) is 9.67. The average Bonchev–Trinajstić information content (AvgIpc) is 2.85. The number of aromatic nitrogens is 1. The third kappa shape index (κ3) is 3.88. The number of benzene rings is 1. The van der Waals surface area contributed by atoms with E-state index in [2.05, 4.69) is 15.8 Å². The van der Waals surface area contributed by atoms with Gasteiger partial charge < -0.3 is 14.6 Å². The number of nitrogens with zero attached hydrogens (tertiary/aromatic N) is 1. The fraction of sp³-hybridized carbons (Fsp3) is 0.143. The van der Waals surface area contributed by atoms with Crippen molar-refractivity contribution in [2.75, 3.05) is 12.4 Å². The summed E-state index contributed by atoms with van der Waals surface area (Å²) in [6.45, 7) is 1.75. The van der Waals surface area contributed by atoms with Crippen LogP contribution in [0.4, 0.5) is 10.6 Å². The van der Waals surface area contributed by atoms with Gasteiger partial charge in [0.2, 0.25) is 0 Å². The first-order valence-electron chi connectivity index (χ1n) is 5.99. The number of carbonyl (C=O) groups is 1. The summed E-state index contributed by atoms with van der Waals surface area (Å²) < 4.78 is 9.90. The maximum atomic E-state index is 11.5. The SMILES string of the molecule is COc1ccc(/C=C/NC(=O)Nc2cc(C)on2)cc1. The first-order valence-corrected chi connectivity index (χ1v) is 5.99. The van der Waals surface area contributed by atoms with Crippen molar-refractivity contribution in [1.82, 2.24) is 10.5 Å². The maximum absolute atomic E-state index is 11.5. The van der Waals surface area contributed by atoms with E-state index in [-0.39, 0.29) is 6.03 Å². The van der Waals surface area contributed by atoms with Crippen LogP contribution in [-0.4, -0.2) is 18.3 Å². The molecule has 1 aromatic carbocycles. The number of hydrogen-bond acceptors (Lipinski definition) is 4. The molecule has 0 aliphatic carbocycles. The monoisotopic (exact) mass is 273 g/mol. The van der Waals surface area contributed by atoms with E-state index in [4.69, 9.17) is 9.26 Å². The molecule has 2 amide bonds. The lowest BCUT2D eigenvalue weighted by Crippen LogP contribution is -2.23. The van der Waals surface area contributed by atoms with Crippen LogP contribution < -0.4 is 15.4 Å². The summed E-state index contributed by atoms with van der Waals surface area (Å²) in [6.07, 6.45) is 3.32. The number of amides is 2. The minimum Gasteiger partial charge on any atom is -0.497 e. The molecule has 6 nitrogen and oxygen atoms in total. The lowest BCUT2D eigenvalue weighted by atomic mass is 10.2. The summed E-state index contributed by atoms with van der Waals surface area (Å²) in [5.74, 6) is 1.79. The highest BCUT2D eigenvalue weighted by atomic mass is 16.5. The summed E-state index contributed by atoms with van der Waals surface area (Å²) in [5.41, 5.74) is 0.948. The lowest BCUT2D eigenvalue weighted by Gasteiger charge is -2.00. The van der Waals surface area contributed by atoms with Gasteiger partial charge in [0.1, 0.15) is 11.5 Å². The number of nitrogens with one attached hydrogen (secondary N) is 2. The summed E-state index contributed by atoms with van der Waals surface area (Å²) in [6, 6.07) is 8.71. The molecule has 2 rings (SSSR count). The van der Waals surface area contributed by atoms with Crippen molar-refractivity contribution in [2.45, 2.75) is 6.92 Å². The molecule has 0 aliphatic rings. The van der Waals surface area contributed by atoms with Crippen molar-refractivity contribution in [3.05, 3.63) is 47.9 Å². The summed E-state index contributed by atoms with van der Waals surface area (Å²) in [7, 11) is 1.61. The molecule has 0 aliphatic heterocycles. The molecule has 6 heteroatoms. The second-order valence-electron chi connectivity index (χ2n) is 4.03. The van der Waals surface area contributed by atoms with E-state index in [9.17, 15) is 4.79 Å². The Morgan fingerprint density at radius 1 is 1.35 bits per heavy atom. The number of aryl methyl sites for hydroxylation is 1. The van der Waals surface area contributed by atoms with E-state index in [1.165, 1.54) is 0 Å². The van der Waals surface area contributed by atoms with Crippen LogP contribution in [0.2, 0.25) is 0 Å². The molecule has 0 saturated carbocycles. The van der Waals surface area contributed by atoms with Crippen LogP contribution in [0.3, 0.4) is 0 Å². The van der Waals surface area contributed by atoms with E-state index in [1.807, 2.05) is 24.3 Å². The second-order valence-corrected chi connectivity index (χ2v) is 4.03. The predicted octanol–water partition coefficient (Wildman–Crippen LogP) is 2.78. The number of hydrogen-bond donors (Lipinski definition) is 2. The molecule has 0 fully saturated rings. The van der Waals surface area contributed by atoms with E-state index in [0.717, 1.165) is 11.3 Å². The highest BCUT2D eigenvalue weighted by Crippen LogP contribution is 2.12. The Morgan fingerprint density at radius 3 is 2.70 bits per heavy atom. The van der Waals surface area contributed by atoms with E-state index < -0.39 is 0 Å². The molecule has 0 radical (unpaired) electrons. The van der Waals surface area contributed by atoms with Crippen molar-refractivity contribution < 1.29 is 14.1 Å². The van der Waals surface area contributed by atoms with Crippen LogP contribution in [-0.2, 0) is 0 Å². The number of anilines is 1. The molecule has 104 valence electrons. The Morgan fingerprint density at radius 2 is 2.10 bits per heavy atom. The lowest BCUT2D eigenvalue weighted by molar-refractivity contribution is 0.255. The molecule has 0 spiro atoms.